The van der Waals surface area contributed by atoms with Gasteiger partial charge in [0.05, 0.1) is 16.6 Å². The Morgan fingerprint density at radius 2 is 1.68 bits per heavy atom. The van der Waals surface area contributed by atoms with Gasteiger partial charge in [-0.25, -0.2) is 13.2 Å². The lowest BCUT2D eigenvalue weighted by atomic mass is 10.0. The van der Waals surface area contributed by atoms with E-state index >= 15 is 0 Å². The lowest BCUT2D eigenvalue weighted by Gasteiger charge is -2.21. The highest BCUT2D eigenvalue weighted by atomic mass is 32.2. The third-order valence-electron chi connectivity index (χ3n) is 3.63. The van der Waals surface area contributed by atoms with Crippen LogP contribution < -0.4 is 0 Å². The molecule has 2 rings (SSSR count). The lowest BCUT2D eigenvalue weighted by molar-refractivity contribution is 0.0697. The minimum Gasteiger partial charge on any atom is -0.478 e. The maximum absolute atomic E-state index is 12.3. The van der Waals surface area contributed by atoms with Crippen LogP contribution in [0.4, 0.5) is 0 Å². The van der Waals surface area contributed by atoms with Gasteiger partial charge in [-0.05, 0) is 30.5 Å². The number of hydrogen-bond donors (Lipinski definition) is 1. The van der Waals surface area contributed by atoms with E-state index < -0.39 is 15.8 Å². The van der Waals surface area contributed by atoms with Crippen molar-refractivity contribution in [1.29, 1.82) is 0 Å². The van der Waals surface area contributed by atoms with Gasteiger partial charge in [0.1, 0.15) is 0 Å². The molecule has 0 heterocycles. The largest absolute Gasteiger partial charge is 0.478 e. The van der Waals surface area contributed by atoms with E-state index in [1.165, 1.54) is 12.1 Å². The van der Waals surface area contributed by atoms with E-state index in [1.807, 2.05) is 0 Å². The van der Waals surface area contributed by atoms with Crippen LogP contribution in [-0.2, 0) is 15.6 Å². The Hall–Kier alpha value is -1.36. The van der Waals surface area contributed by atoms with Crippen LogP contribution in [0.1, 0.15) is 48.0 Å². The Bertz CT molecular complexity index is 539. The number of carboxylic acid groups (broad SMARTS) is 1. The molecule has 19 heavy (non-hydrogen) atoms. The van der Waals surface area contributed by atoms with Gasteiger partial charge in [0.15, 0.2) is 9.84 Å². The summed E-state index contributed by atoms with van der Waals surface area (Å²) < 4.78 is 24.5. The van der Waals surface area contributed by atoms with E-state index in [9.17, 15) is 13.2 Å². The van der Waals surface area contributed by atoms with E-state index in [0.29, 0.717) is 5.56 Å². The molecule has 1 aliphatic rings. The van der Waals surface area contributed by atoms with Crippen molar-refractivity contribution >= 4 is 15.8 Å². The van der Waals surface area contributed by atoms with Crippen molar-refractivity contribution in [3.63, 3.8) is 0 Å². The molecule has 0 atom stereocenters. The van der Waals surface area contributed by atoms with Gasteiger partial charge in [-0.2, -0.15) is 0 Å². The summed E-state index contributed by atoms with van der Waals surface area (Å²) in [6, 6.07) is 6.08. The van der Waals surface area contributed by atoms with Crippen molar-refractivity contribution in [1.82, 2.24) is 0 Å². The van der Waals surface area contributed by atoms with Crippen LogP contribution in [0.15, 0.2) is 24.3 Å². The van der Waals surface area contributed by atoms with Gasteiger partial charge in [-0.3, -0.25) is 0 Å². The quantitative estimate of drug-likeness (QED) is 0.921. The molecule has 0 spiro atoms. The topological polar surface area (TPSA) is 71.4 Å². The Balaban J connectivity index is 2.09. The number of hydrogen-bond acceptors (Lipinski definition) is 3. The third kappa shape index (κ3) is 3.56. The highest BCUT2D eigenvalue weighted by Gasteiger charge is 2.27. The Morgan fingerprint density at radius 1 is 1.11 bits per heavy atom. The second kappa shape index (κ2) is 5.74. The second-order valence-corrected chi connectivity index (χ2v) is 7.35. The minimum absolute atomic E-state index is 0.0115. The Labute approximate surface area is 113 Å². The smallest absolute Gasteiger partial charge is 0.335 e. The van der Waals surface area contributed by atoms with Crippen LogP contribution in [0, 0.1) is 0 Å². The first-order valence-corrected chi connectivity index (χ1v) is 8.24. The molecule has 0 bridgehead atoms. The van der Waals surface area contributed by atoms with Gasteiger partial charge in [0.2, 0.25) is 0 Å². The molecule has 4 nitrogen and oxygen atoms in total. The molecular weight excluding hydrogens is 264 g/mol. The highest BCUT2D eigenvalue weighted by molar-refractivity contribution is 7.91. The molecule has 104 valence electrons. The number of carbonyl (C=O) groups is 1. The van der Waals surface area contributed by atoms with Crippen LogP contribution in [0.2, 0.25) is 0 Å². The van der Waals surface area contributed by atoms with Gasteiger partial charge in [0, 0.05) is 0 Å². The first-order valence-electron chi connectivity index (χ1n) is 6.53. The predicted octanol–water partition coefficient (Wildman–Crippen LogP) is 2.63. The van der Waals surface area contributed by atoms with Crippen molar-refractivity contribution in [3.05, 3.63) is 35.4 Å². The zero-order valence-corrected chi connectivity index (χ0v) is 11.5. The number of carboxylic acids is 1. The predicted molar refractivity (Wildman–Crippen MR) is 72.9 cm³/mol. The molecule has 1 saturated carbocycles. The first-order chi connectivity index (χ1) is 8.99. The van der Waals surface area contributed by atoms with E-state index in [4.69, 9.17) is 5.11 Å². The molecule has 1 aromatic carbocycles. The van der Waals surface area contributed by atoms with E-state index in [1.54, 1.807) is 12.1 Å². The maximum Gasteiger partial charge on any atom is 0.335 e. The van der Waals surface area contributed by atoms with E-state index in [0.717, 1.165) is 32.1 Å². The second-order valence-electron chi connectivity index (χ2n) is 5.07. The molecular formula is C14H18O4S. The SMILES string of the molecule is O=C(O)c1ccc(CS(=O)(=O)C2CCCCC2)cc1. The number of sulfone groups is 1. The van der Waals surface area contributed by atoms with Crippen LogP contribution in [-0.4, -0.2) is 24.7 Å². The van der Waals surface area contributed by atoms with E-state index in [-0.39, 0.29) is 16.6 Å². The zero-order valence-electron chi connectivity index (χ0n) is 10.7. The van der Waals surface area contributed by atoms with Crippen molar-refractivity contribution in [2.24, 2.45) is 0 Å². The fraction of sp³-hybridized carbons (Fsp3) is 0.500. The molecule has 1 aliphatic carbocycles. The summed E-state index contributed by atoms with van der Waals surface area (Å²) in [6.07, 6.45) is 4.62. The normalized spacial score (nSPS) is 17.3. The van der Waals surface area contributed by atoms with Gasteiger partial charge in [0.25, 0.3) is 0 Å². The standard InChI is InChI=1S/C14H18O4S/c15-14(16)12-8-6-11(7-9-12)10-19(17,18)13-4-2-1-3-5-13/h6-9,13H,1-5,10H2,(H,15,16). The molecule has 1 fully saturated rings. The molecule has 0 aromatic heterocycles. The monoisotopic (exact) mass is 282 g/mol. The average Bonchev–Trinajstić information content (AvgIpc) is 2.40. The highest BCUT2D eigenvalue weighted by Crippen LogP contribution is 2.26. The van der Waals surface area contributed by atoms with Crippen LogP contribution in [0.25, 0.3) is 0 Å². The number of benzene rings is 1. The van der Waals surface area contributed by atoms with E-state index in [2.05, 4.69) is 0 Å². The minimum atomic E-state index is -3.12. The van der Waals surface area contributed by atoms with Crippen molar-refractivity contribution in [3.8, 4) is 0 Å². The molecule has 0 unspecified atom stereocenters. The molecule has 5 heteroatoms. The summed E-state index contributed by atoms with van der Waals surface area (Å²) in [5.74, 6) is -0.987. The van der Waals surface area contributed by atoms with Crippen molar-refractivity contribution < 1.29 is 18.3 Å². The van der Waals surface area contributed by atoms with Gasteiger partial charge >= 0.3 is 5.97 Å². The van der Waals surface area contributed by atoms with Crippen molar-refractivity contribution in [2.75, 3.05) is 0 Å². The molecule has 0 aliphatic heterocycles. The number of aromatic carboxylic acids is 1. The molecule has 1 aromatic rings. The summed E-state index contributed by atoms with van der Waals surface area (Å²) in [4.78, 5) is 10.7. The molecule has 1 N–H and O–H groups in total. The summed E-state index contributed by atoms with van der Waals surface area (Å²) >= 11 is 0. The fourth-order valence-corrected chi connectivity index (χ4v) is 4.46. The molecule has 0 saturated heterocycles. The molecule has 0 radical (unpaired) electrons. The summed E-state index contributed by atoms with van der Waals surface area (Å²) in [6.45, 7) is 0. The third-order valence-corrected chi connectivity index (χ3v) is 5.85. The summed E-state index contributed by atoms with van der Waals surface area (Å²) in [7, 11) is -3.12. The molecule has 0 amide bonds. The Kier molecular flexibility index (Phi) is 4.24. The zero-order chi connectivity index (χ0) is 13.9. The van der Waals surface area contributed by atoms with Gasteiger partial charge in [-0.1, -0.05) is 31.4 Å². The van der Waals surface area contributed by atoms with Crippen LogP contribution >= 0.6 is 0 Å². The van der Waals surface area contributed by atoms with Crippen LogP contribution in [0.3, 0.4) is 0 Å². The number of rotatable bonds is 4. The van der Waals surface area contributed by atoms with Gasteiger partial charge in [-0.15, -0.1) is 0 Å². The lowest BCUT2D eigenvalue weighted by Crippen LogP contribution is -2.25. The van der Waals surface area contributed by atoms with Gasteiger partial charge < -0.3 is 5.11 Å². The summed E-state index contributed by atoms with van der Waals surface area (Å²) in [5, 5.41) is 8.57. The average molecular weight is 282 g/mol. The fourth-order valence-electron chi connectivity index (χ4n) is 2.52. The van der Waals surface area contributed by atoms with Crippen LogP contribution in [0.5, 0.6) is 0 Å². The van der Waals surface area contributed by atoms with Crippen molar-refractivity contribution in [2.45, 2.75) is 43.1 Å². The Morgan fingerprint density at radius 3 is 2.21 bits per heavy atom. The first kappa shape index (κ1) is 14.1. The summed E-state index contributed by atoms with van der Waals surface area (Å²) in [5.41, 5.74) is 0.842. The maximum atomic E-state index is 12.3.